The van der Waals surface area contributed by atoms with Crippen LogP contribution in [0.3, 0.4) is 0 Å². The van der Waals surface area contributed by atoms with Gasteiger partial charge in [-0.05, 0) is 19.9 Å². The second-order valence-corrected chi connectivity index (χ2v) is 4.73. The number of nitrogens with zero attached hydrogens (tertiary/aromatic N) is 1. The molecular formula is C14H11ClNO5-. The number of carbonyl (C=O) groups excluding carboxylic acids is 3. The van der Waals surface area contributed by atoms with Gasteiger partial charge in [-0.3, -0.25) is 9.59 Å². The Morgan fingerprint density at radius 1 is 1.38 bits per heavy atom. The number of amides is 2. The Bertz CT molecular complexity index is 680. The first kappa shape index (κ1) is 15.1. The number of rotatable bonds is 4. The van der Waals surface area contributed by atoms with E-state index in [0.717, 1.165) is 11.0 Å². The lowest BCUT2D eigenvalue weighted by molar-refractivity contribution is -0.255. The van der Waals surface area contributed by atoms with Gasteiger partial charge >= 0.3 is 0 Å². The number of anilines is 1. The molecule has 1 heterocycles. The predicted molar refractivity (Wildman–Crippen MR) is 73.2 cm³/mol. The molecule has 2 amide bonds. The van der Waals surface area contributed by atoms with Crippen LogP contribution in [0.1, 0.15) is 24.2 Å². The summed E-state index contributed by atoms with van der Waals surface area (Å²) in [4.78, 5) is 35.7. The highest BCUT2D eigenvalue weighted by atomic mass is 35.5. The molecule has 1 aromatic rings. The molecule has 2 rings (SSSR count). The number of benzene rings is 1. The van der Waals surface area contributed by atoms with E-state index in [0.29, 0.717) is 0 Å². The van der Waals surface area contributed by atoms with Gasteiger partial charge < -0.3 is 14.6 Å². The highest BCUT2D eigenvalue weighted by Gasteiger charge is 2.32. The third-order valence-electron chi connectivity index (χ3n) is 2.91. The summed E-state index contributed by atoms with van der Waals surface area (Å²) in [6.45, 7) is 3.39. The smallest absolute Gasteiger partial charge is 0.261 e. The molecule has 0 atom stereocenters. The van der Waals surface area contributed by atoms with Crippen LogP contribution in [0, 0.1) is 0 Å². The maximum Gasteiger partial charge on any atom is 0.261 e. The minimum absolute atomic E-state index is 0.0120. The molecule has 0 aromatic heterocycles. The molecule has 110 valence electrons. The number of halogens is 1. The lowest BCUT2D eigenvalue weighted by Gasteiger charge is -2.19. The van der Waals surface area contributed by atoms with Crippen molar-refractivity contribution < 1.29 is 24.2 Å². The third-order valence-corrected chi connectivity index (χ3v) is 3.21. The average molecular weight is 309 g/mol. The number of aromatic carboxylic acids is 1. The normalized spacial score (nSPS) is 14.4. The minimum atomic E-state index is -1.46. The summed E-state index contributed by atoms with van der Waals surface area (Å²) in [7, 11) is 0. The molecular weight excluding hydrogens is 298 g/mol. The van der Waals surface area contributed by atoms with E-state index in [9.17, 15) is 19.5 Å². The van der Waals surface area contributed by atoms with Crippen LogP contribution < -0.4 is 14.7 Å². The first-order valence-electron chi connectivity index (χ1n) is 6.11. The first-order valence-corrected chi connectivity index (χ1v) is 6.49. The van der Waals surface area contributed by atoms with Gasteiger partial charge in [-0.25, -0.2) is 4.90 Å². The fourth-order valence-corrected chi connectivity index (χ4v) is 2.21. The summed E-state index contributed by atoms with van der Waals surface area (Å²) < 4.78 is 5.21. The van der Waals surface area contributed by atoms with Crippen molar-refractivity contribution in [3.05, 3.63) is 34.4 Å². The molecule has 7 heteroatoms. The van der Waals surface area contributed by atoms with Crippen LogP contribution in [0.5, 0.6) is 5.75 Å². The summed E-state index contributed by atoms with van der Waals surface area (Å²) in [6.07, 6.45) is 1.19. The van der Waals surface area contributed by atoms with Crippen molar-refractivity contribution in [2.75, 3.05) is 11.5 Å². The third kappa shape index (κ3) is 2.62. The lowest BCUT2D eigenvalue weighted by Crippen LogP contribution is -2.31. The molecule has 1 aromatic carbocycles. The van der Waals surface area contributed by atoms with Crippen LogP contribution in [0.15, 0.2) is 23.8 Å². The number of carboxylic acids is 1. The molecule has 0 bridgehead atoms. The van der Waals surface area contributed by atoms with Crippen molar-refractivity contribution >= 4 is 35.1 Å². The van der Waals surface area contributed by atoms with E-state index in [2.05, 4.69) is 0 Å². The van der Waals surface area contributed by atoms with E-state index in [1.807, 2.05) is 0 Å². The molecule has 0 spiro atoms. The quantitative estimate of drug-likeness (QED) is 0.772. The summed E-state index contributed by atoms with van der Waals surface area (Å²) in [6, 6.07) is 2.35. The number of carboxylic acid groups (broad SMARTS) is 1. The van der Waals surface area contributed by atoms with Gasteiger partial charge in [-0.1, -0.05) is 11.6 Å². The van der Waals surface area contributed by atoms with E-state index < -0.39 is 17.8 Å². The Hall–Kier alpha value is -2.34. The first-order chi connectivity index (χ1) is 9.86. The van der Waals surface area contributed by atoms with Gasteiger partial charge in [0.25, 0.3) is 11.8 Å². The average Bonchev–Trinajstić information content (AvgIpc) is 2.65. The molecule has 0 aliphatic carbocycles. The Morgan fingerprint density at radius 2 is 2.05 bits per heavy atom. The standard InChI is InChI=1S/C14H12ClNO5/c1-3-21-11-6-10(9(15)5-8(11)14(19)20)16-12(17)4-7(2)13(16)18/h4-6H,3H2,1-2H3,(H,19,20)/p-1. The van der Waals surface area contributed by atoms with Crippen molar-refractivity contribution in [1.82, 2.24) is 0 Å². The SMILES string of the molecule is CCOc1cc(N2C(=O)C=C(C)C2=O)c(Cl)cc1C(=O)[O-]. The van der Waals surface area contributed by atoms with Crippen molar-refractivity contribution in [3.63, 3.8) is 0 Å². The summed E-state index contributed by atoms with van der Waals surface area (Å²) in [5.41, 5.74) is 0.112. The highest BCUT2D eigenvalue weighted by Crippen LogP contribution is 2.35. The molecule has 21 heavy (non-hydrogen) atoms. The monoisotopic (exact) mass is 308 g/mol. The van der Waals surface area contributed by atoms with E-state index in [-0.39, 0.29) is 34.2 Å². The molecule has 1 aliphatic rings. The second-order valence-electron chi connectivity index (χ2n) is 4.33. The van der Waals surface area contributed by atoms with Gasteiger partial charge in [0.15, 0.2) is 0 Å². The molecule has 0 saturated heterocycles. The fourth-order valence-electron chi connectivity index (χ4n) is 1.96. The molecule has 0 saturated carbocycles. The lowest BCUT2D eigenvalue weighted by atomic mass is 10.1. The Morgan fingerprint density at radius 3 is 2.52 bits per heavy atom. The second kappa shape index (κ2) is 5.57. The Kier molecular flexibility index (Phi) is 3.99. The Labute approximate surface area is 125 Å². The number of hydrogen-bond acceptors (Lipinski definition) is 5. The van der Waals surface area contributed by atoms with Gasteiger partial charge in [-0.15, -0.1) is 0 Å². The van der Waals surface area contributed by atoms with Crippen LogP contribution in [0.2, 0.25) is 5.02 Å². The van der Waals surface area contributed by atoms with Crippen molar-refractivity contribution in [1.29, 1.82) is 0 Å². The number of imide groups is 1. The highest BCUT2D eigenvalue weighted by molar-refractivity contribution is 6.38. The maximum absolute atomic E-state index is 12.0. The molecule has 1 aliphatic heterocycles. The summed E-state index contributed by atoms with van der Waals surface area (Å²) in [5, 5.41) is 11.0. The topological polar surface area (TPSA) is 86.7 Å². The van der Waals surface area contributed by atoms with Crippen molar-refractivity contribution in [2.24, 2.45) is 0 Å². The zero-order valence-corrected chi connectivity index (χ0v) is 12.1. The summed E-state index contributed by atoms with van der Waals surface area (Å²) >= 11 is 5.99. The summed E-state index contributed by atoms with van der Waals surface area (Å²) in [5.74, 6) is -2.52. The van der Waals surface area contributed by atoms with Gasteiger partial charge in [0, 0.05) is 23.3 Å². The van der Waals surface area contributed by atoms with Crippen LogP contribution in [-0.4, -0.2) is 24.4 Å². The van der Waals surface area contributed by atoms with Crippen LogP contribution >= 0.6 is 11.6 Å². The number of carbonyl (C=O) groups is 3. The van der Waals surface area contributed by atoms with Crippen molar-refractivity contribution in [2.45, 2.75) is 13.8 Å². The van der Waals surface area contributed by atoms with E-state index in [4.69, 9.17) is 16.3 Å². The number of ether oxygens (including phenoxy) is 1. The predicted octanol–water partition coefficient (Wildman–Crippen LogP) is 0.922. The molecule has 0 fully saturated rings. The zero-order valence-electron chi connectivity index (χ0n) is 11.3. The largest absolute Gasteiger partial charge is 0.545 e. The molecule has 0 unspecified atom stereocenters. The minimum Gasteiger partial charge on any atom is -0.545 e. The fraction of sp³-hybridized carbons (Fsp3) is 0.214. The Balaban J connectivity index is 2.55. The molecule has 6 nitrogen and oxygen atoms in total. The van der Waals surface area contributed by atoms with Gasteiger partial charge in [0.2, 0.25) is 0 Å². The van der Waals surface area contributed by atoms with E-state index in [1.54, 1.807) is 6.92 Å². The number of hydrogen-bond donors (Lipinski definition) is 0. The van der Waals surface area contributed by atoms with E-state index >= 15 is 0 Å². The van der Waals surface area contributed by atoms with Crippen LogP contribution in [0.4, 0.5) is 5.69 Å². The maximum atomic E-state index is 12.0. The van der Waals surface area contributed by atoms with Crippen molar-refractivity contribution in [3.8, 4) is 5.75 Å². The van der Waals surface area contributed by atoms with E-state index in [1.165, 1.54) is 19.1 Å². The van der Waals surface area contributed by atoms with Gasteiger partial charge in [0.1, 0.15) is 5.75 Å². The molecule has 0 radical (unpaired) electrons. The van der Waals surface area contributed by atoms with Crippen LogP contribution in [-0.2, 0) is 9.59 Å². The zero-order chi connectivity index (χ0) is 15.7. The van der Waals surface area contributed by atoms with Gasteiger partial charge in [-0.2, -0.15) is 0 Å². The van der Waals surface area contributed by atoms with Crippen LogP contribution in [0.25, 0.3) is 0 Å². The molecule has 0 N–H and O–H groups in total. The van der Waals surface area contributed by atoms with Gasteiger partial charge in [0.05, 0.1) is 23.3 Å².